The third kappa shape index (κ3) is 1.58. The highest BCUT2D eigenvalue weighted by Gasteiger charge is 1.88. The Balaban J connectivity index is 2.99. The third-order valence-corrected chi connectivity index (χ3v) is 0.333. The van der Waals surface area contributed by atoms with Crippen LogP contribution in [0.5, 0.6) is 0 Å². The number of hydrogen-bond acceptors (Lipinski definition) is 3. The molecule has 0 rings (SSSR count). The van der Waals surface area contributed by atoms with Gasteiger partial charge in [-0.2, -0.15) is 0 Å². The minimum Gasteiger partial charge on any atom is -0.438 e. The van der Waals surface area contributed by atoms with E-state index in [-0.39, 0.29) is 0 Å². The van der Waals surface area contributed by atoms with Crippen molar-refractivity contribution in [2.75, 3.05) is 14.2 Å². The molecule has 0 aliphatic rings. The molecule has 0 aromatic carbocycles. The summed E-state index contributed by atoms with van der Waals surface area (Å²) in [6.07, 6.45) is -0.657. The van der Waals surface area contributed by atoms with Crippen molar-refractivity contribution in [1.29, 1.82) is 0 Å². The lowest BCUT2D eigenvalue weighted by atomic mass is 12.1. The number of ether oxygens (including phenoxy) is 2. The maximum atomic E-state index is 9.74. The van der Waals surface area contributed by atoms with Crippen molar-refractivity contribution in [1.82, 2.24) is 0 Å². The highest BCUT2D eigenvalue weighted by molar-refractivity contribution is 5.59. The van der Waals surface area contributed by atoms with Gasteiger partial charge in [0.15, 0.2) is 0 Å². The lowest BCUT2D eigenvalue weighted by Crippen LogP contribution is -1.97. The molecule has 36 valence electrons. The molecule has 0 spiro atoms. The molecule has 0 radical (unpaired) electrons. The maximum Gasteiger partial charge on any atom is 0.507 e. The molecule has 0 amide bonds. The van der Waals surface area contributed by atoms with Crippen LogP contribution in [0.25, 0.3) is 0 Å². The van der Waals surface area contributed by atoms with Gasteiger partial charge in [0.2, 0.25) is 0 Å². The van der Waals surface area contributed by atoms with Crippen LogP contribution < -0.4 is 0 Å². The van der Waals surface area contributed by atoms with Crippen molar-refractivity contribution in [2.45, 2.75) is 0 Å². The van der Waals surface area contributed by atoms with Crippen LogP contribution in [-0.4, -0.2) is 20.4 Å². The van der Waals surface area contributed by atoms with Gasteiger partial charge in [0, 0.05) is 0 Å². The highest BCUT2D eigenvalue weighted by Crippen LogP contribution is 1.72. The molecule has 0 bridgehead atoms. The molecule has 0 atom stereocenters. The summed E-state index contributed by atoms with van der Waals surface area (Å²) in [7, 11) is 2.51. The van der Waals surface area contributed by atoms with E-state index in [0.29, 0.717) is 0 Å². The van der Waals surface area contributed by atoms with E-state index < -0.39 is 6.16 Å². The molecule has 0 unspecified atom stereocenters. The molecular weight excluding hydrogens is 87.0 g/mol. The molecule has 3 heteroatoms. The minimum atomic E-state index is -0.657. The second kappa shape index (κ2) is 2.50. The number of carbonyl (C=O) groups is 1. The van der Waals surface area contributed by atoms with Crippen LogP contribution in [0.4, 0.5) is 4.79 Å². The van der Waals surface area contributed by atoms with Gasteiger partial charge in [-0.3, -0.25) is 0 Å². The van der Waals surface area contributed by atoms with E-state index in [0.717, 1.165) is 0 Å². The van der Waals surface area contributed by atoms with Gasteiger partial charge in [-0.1, -0.05) is 0 Å². The number of methoxy groups -OCH3 is 2. The van der Waals surface area contributed by atoms with Gasteiger partial charge in [0.1, 0.15) is 0 Å². The molecule has 0 heterocycles. The van der Waals surface area contributed by atoms with Crippen LogP contribution in [0, 0.1) is 0 Å². The maximum absolute atomic E-state index is 9.74. The van der Waals surface area contributed by atoms with E-state index in [4.69, 9.17) is 0 Å². The number of rotatable bonds is 0. The Labute approximate surface area is 35.9 Å². The Morgan fingerprint density at radius 3 is 1.67 bits per heavy atom. The summed E-state index contributed by atoms with van der Waals surface area (Å²) in [5, 5.41) is 0. The summed E-state index contributed by atoms with van der Waals surface area (Å²) in [6, 6.07) is 0. The molecule has 0 aromatic rings. The summed E-state index contributed by atoms with van der Waals surface area (Å²) >= 11 is 0. The predicted octanol–water partition coefficient (Wildman–Crippen LogP) is 0.399. The number of carbonyl (C=O) groups excluding carboxylic acids is 1. The Morgan fingerprint density at radius 2 is 1.67 bits per heavy atom. The summed E-state index contributed by atoms with van der Waals surface area (Å²) in [5.41, 5.74) is 0. The fourth-order valence-corrected chi connectivity index (χ4v) is 0.0833. The minimum absolute atomic E-state index is 0.657. The van der Waals surface area contributed by atoms with Gasteiger partial charge in [0.25, 0.3) is 0 Å². The number of hydrogen-bond donors (Lipinski definition) is 0. The van der Waals surface area contributed by atoms with E-state index in [9.17, 15) is 4.79 Å². The van der Waals surface area contributed by atoms with Crippen molar-refractivity contribution in [3.8, 4) is 0 Å². The second-order valence-electron chi connectivity index (χ2n) is 0.658. The van der Waals surface area contributed by atoms with Gasteiger partial charge in [-0.25, -0.2) is 4.79 Å². The van der Waals surface area contributed by atoms with Gasteiger partial charge in [-0.05, 0) is 0 Å². The molecular formula is C3H6O3. The molecule has 0 N–H and O–H groups in total. The van der Waals surface area contributed by atoms with Crippen molar-refractivity contribution in [3.63, 3.8) is 0 Å². The SMILES string of the molecule is [13CH3]O[13C](=O)O[13CH3]. The average Bonchev–Trinajstić information content (AvgIpc) is 1.65. The Bertz CT molecular complexity index is 44.0. The first-order chi connectivity index (χ1) is 2.81. The van der Waals surface area contributed by atoms with Crippen LogP contribution in [-0.2, 0) is 9.47 Å². The van der Waals surface area contributed by atoms with Gasteiger partial charge in [0.05, 0.1) is 14.2 Å². The predicted molar refractivity (Wildman–Crippen MR) is 19.4 cm³/mol. The molecule has 6 heavy (non-hydrogen) atoms. The first kappa shape index (κ1) is 5.27. The monoisotopic (exact) mass is 93.0 g/mol. The Morgan fingerprint density at radius 1 is 1.33 bits per heavy atom. The van der Waals surface area contributed by atoms with Crippen LogP contribution in [0.1, 0.15) is 0 Å². The van der Waals surface area contributed by atoms with E-state index in [2.05, 4.69) is 9.47 Å². The first-order valence-corrected chi connectivity index (χ1v) is 1.43. The molecule has 0 saturated heterocycles. The molecule has 0 aliphatic carbocycles. The summed E-state index contributed by atoms with van der Waals surface area (Å²) in [5.74, 6) is 0. The van der Waals surface area contributed by atoms with Crippen LogP contribution in [0.2, 0.25) is 0 Å². The van der Waals surface area contributed by atoms with Crippen molar-refractivity contribution in [3.05, 3.63) is 0 Å². The summed E-state index contributed by atoms with van der Waals surface area (Å²) in [6.45, 7) is 0. The van der Waals surface area contributed by atoms with E-state index in [1.54, 1.807) is 0 Å². The summed E-state index contributed by atoms with van der Waals surface area (Å²) in [4.78, 5) is 9.74. The van der Waals surface area contributed by atoms with Crippen LogP contribution >= 0.6 is 0 Å². The first-order valence-electron chi connectivity index (χ1n) is 1.43. The second-order valence-corrected chi connectivity index (χ2v) is 0.658. The van der Waals surface area contributed by atoms with Crippen molar-refractivity contribution < 1.29 is 14.3 Å². The smallest absolute Gasteiger partial charge is 0.438 e. The normalized spacial score (nSPS) is 7.00. The molecule has 0 fully saturated rings. The Kier molecular flexibility index (Phi) is 2.20. The zero-order valence-electron chi connectivity index (χ0n) is 3.72. The lowest BCUT2D eigenvalue weighted by Gasteiger charge is -1.89. The molecule has 0 aliphatic heterocycles. The average molecular weight is 93.1 g/mol. The van der Waals surface area contributed by atoms with Gasteiger partial charge < -0.3 is 9.47 Å². The van der Waals surface area contributed by atoms with Gasteiger partial charge in [-0.15, -0.1) is 0 Å². The molecule has 3 nitrogen and oxygen atoms in total. The largest absolute Gasteiger partial charge is 0.507 e. The Hall–Kier alpha value is -0.730. The highest BCUT2D eigenvalue weighted by atomic mass is 16.9. The van der Waals surface area contributed by atoms with E-state index in [1.165, 1.54) is 14.2 Å². The van der Waals surface area contributed by atoms with Crippen molar-refractivity contribution >= 4 is 6.16 Å². The third-order valence-electron chi connectivity index (χ3n) is 0.333. The standard InChI is InChI=1S/C3H6O3/c1-5-3(4)6-2/h1-2H3/i1+1,2+1,3+1. The zero-order valence-corrected chi connectivity index (χ0v) is 3.72. The topological polar surface area (TPSA) is 35.5 Å². The van der Waals surface area contributed by atoms with Gasteiger partial charge >= 0.3 is 6.16 Å². The molecule has 0 saturated carbocycles. The van der Waals surface area contributed by atoms with Crippen molar-refractivity contribution in [2.24, 2.45) is 0 Å². The summed E-state index contributed by atoms with van der Waals surface area (Å²) < 4.78 is 8.08. The fourth-order valence-electron chi connectivity index (χ4n) is 0.0833. The molecule has 0 aromatic heterocycles. The quantitative estimate of drug-likeness (QED) is 0.321. The van der Waals surface area contributed by atoms with E-state index >= 15 is 0 Å². The van der Waals surface area contributed by atoms with E-state index in [1.807, 2.05) is 0 Å². The van der Waals surface area contributed by atoms with Crippen LogP contribution in [0.15, 0.2) is 0 Å². The zero-order chi connectivity index (χ0) is 4.99. The van der Waals surface area contributed by atoms with Crippen LogP contribution in [0.3, 0.4) is 0 Å². The fraction of sp³-hybridized carbons (Fsp3) is 0.667. The lowest BCUT2D eigenvalue weighted by molar-refractivity contribution is 0.0924.